The van der Waals surface area contributed by atoms with Crippen molar-refractivity contribution in [2.45, 2.75) is 11.8 Å². The molecule has 0 saturated heterocycles. The van der Waals surface area contributed by atoms with E-state index in [2.05, 4.69) is 10.3 Å². The van der Waals surface area contributed by atoms with Crippen molar-refractivity contribution in [3.8, 4) is 11.3 Å². The number of thioether (sulfide) groups is 1. The van der Waals surface area contributed by atoms with Crippen molar-refractivity contribution >= 4 is 34.1 Å². The van der Waals surface area contributed by atoms with Gasteiger partial charge in [-0.15, -0.1) is 23.1 Å². The number of carbonyl (C=O) groups excluding carboxylic acids is 1. The zero-order valence-corrected chi connectivity index (χ0v) is 14.6. The standard InChI is InChI=1S/C18H15FN2OS2/c1-12-17(13-7-3-2-4-8-13)21-18(24-12)20-16(22)11-23-15-10-6-5-9-14(15)19/h2-10H,11H2,1H3,(H,20,21,22). The predicted octanol–water partition coefficient (Wildman–Crippen LogP) is 4.99. The maximum Gasteiger partial charge on any atom is 0.236 e. The first-order valence-electron chi connectivity index (χ1n) is 7.33. The highest BCUT2D eigenvalue weighted by molar-refractivity contribution is 8.00. The number of nitrogens with zero attached hydrogens (tertiary/aromatic N) is 1. The molecule has 0 atom stereocenters. The van der Waals surface area contributed by atoms with Crippen LogP contribution in [0.2, 0.25) is 0 Å². The second-order valence-electron chi connectivity index (χ2n) is 5.06. The fraction of sp³-hybridized carbons (Fsp3) is 0.111. The molecule has 0 aliphatic rings. The first-order valence-corrected chi connectivity index (χ1v) is 9.14. The zero-order valence-electron chi connectivity index (χ0n) is 13.0. The van der Waals surface area contributed by atoms with Crippen LogP contribution in [0.3, 0.4) is 0 Å². The maximum absolute atomic E-state index is 13.5. The predicted molar refractivity (Wildman–Crippen MR) is 98.0 cm³/mol. The molecular weight excluding hydrogens is 343 g/mol. The first kappa shape index (κ1) is 16.7. The highest BCUT2D eigenvalue weighted by Gasteiger charge is 2.12. The van der Waals surface area contributed by atoms with Crippen molar-refractivity contribution in [2.75, 3.05) is 11.1 Å². The van der Waals surface area contributed by atoms with Crippen molar-refractivity contribution < 1.29 is 9.18 Å². The summed E-state index contributed by atoms with van der Waals surface area (Å²) < 4.78 is 13.5. The molecule has 122 valence electrons. The normalized spacial score (nSPS) is 10.6. The molecule has 0 bridgehead atoms. The minimum atomic E-state index is -0.313. The summed E-state index contributed by atoms with van der Waals surface area (Å²) in [5.41, 5.74) is 1.89. The molecule has 0 unspecified atom stereocenters. The molecule has 0 spiro atoms. The van der Waals surface area contributed by atoms with Crippen LogP contribution < -0.4 is 5.32 Å². The molecule has 1 aromatic heterocycles. The molecule has 2 aromatic carbocycles. The number of hydrogen-bond acceptors (Lipinski definition) is 4. The Bertz CT molecular complexity index is 849. The zero-order chi connectivity index (χ0) is 16.9. The Morgan fingerprint density at radius 1 is 1.17 bits per heavy atom. The molecule has 0 aliphatic heterocycles. The number of hydrogen-bond donors (Lipinski definition) is 1. The van der Waals surface area contributed by atoms with E-state index >= 15 is 0 Å². The molecule has 0 radical (unpaired) electrons. The van der Waals surface area contributed by atoms with Crippen molar-refractivity contribution in [1.29, 1.82) is 0 Å². The molecule has 24 heavy (non-hydrogen) atoms. The number of aromatic nitrogens is 1. The van der Waals surface area contributed by atoms with Gasteiger partial charge in [-0.3, -0.25) is 4.79 Å². The van der Waals surface area contributed by atoms with Crippen LogP contribution >= 0.6 is 23.1 Å². The number of carbonyl (C=O) groups is 1. The second-order valence-corrected chi connectivity index (χ2v) is 7.28. The Kier molecular flexibility index (Phi) is 5.27. The highest BCUT2D eigenvalue weighted by Crippen LogP contribution is 2.30. The van der Waals surface area contributed by atoms with Gasteiger partial charge in [-0.2, -0.15) is 0 Å². The van der Waals surface area contributed by atoms with Gasteiger partial charge in [-0.25, -0.2) is 9.37 Å². The summed E-state index contributed by atoms with van der Waals surface area (Å²) in [5, 5.41) is 3.35. The van der Waals surface area contributed by atoms with E-state index in [9.17, 15) is 9.18 Å². The van der Waals surface area contributed by atoms with Crippen LogP contribution in [-0.4, -0.2) is 16.6 Å². The van der Waals surface area contributed by atoms with Crippen molar-refractivity contribution in [3.63, 3.8) is 0 Å². The third kappa shape index (κ3) is 4.01. The van der Waals surface area contributed by atoms with Gasteiger partial charge < -0.3 is 5.32 Å². The molecule has 1 N–H and O–H groups in total. The number of thiazole rings is 1. The Labute approximate surface area is 148 Å². The molecule has 0 fully saturated rings. The van der Waals surface area contributed by atoms with Gasteiger partial charge in [0.15, 0.2) is 5.13 Å². The molecule has 3 aromatic rings. The summed E-state index contributed by atoms with van der Waals surface area (Å²) in [6, 6.07) is 16.3. The van der Waals surface area contributed by atoms with Crippen molar-refractivity contribution in [1.82, 2.24) is 4.98 Å². The van der Waals surface area contributed by atoms with Crippen LogP contribution in [0.25, 0.3) is 11.3 Å². The lowest BCUT2D eigenvalue weighted by Crippen LogP contribution is -2.13. The lowest BCUT2D eigenvalue weighted by Gasteiger charge is -2.03. The molecule has 3 nitrogen and oxygen atoms in total. The summed E-state index contributed by atoms with van der Waals surface area (Å²) >= 11 is 2.61. The summed E-state index contributed by atoms with van der Waals surface area (Å²) in [5.74, 6) is -0.372. The van der Waals surface area contributed by atoms with Gasteiger partial charge in [0.25, 0.3) is 0 Å². The average molecular weight is 358 g/mol. The highest BCUT2D eigenvalue weighted by atomic mass is 32.2. The molecule has 0 saturated carbocycles. The Morgan fingerprint density at radius 3 is 2.62 bits per heavy atom. The van der Waals surface area contributed by atoms with Crippen molar-refractivity contribution in [2.24, 2.45) is 0 Å². The van der Waals surface area contributed by atoms with Gasteiger partial charge in [0.2, 0.25) is 5.91 Å². The molecule has 1 heterocycles. The van der Waals surface area contributed by atoms with Crippen molar-refractivity contribution in [3.05, 3.63) is 65.3 Å². The topological polar surface area (TPSA) is 42.0 Å². The molecule has 1 amide bonds. The van der Waals surface area contributed by atoms with E-state index in [1.165, 1.54) is 29.2 Å². The minimum Gasteiger partial charge on any atom is -0.301 e. The van der Waals surface area contributed by atoms with E-state index in [-0.39, 0.29) is 17.5 Å². The number of rotatable bonds is 5. The molecular formula is C18H15FN2OS2. The summed E-state index contributed by atoms with van der Waals surface area (Å²) in [7, 11) is 0. The lowest BCUT2D eigenvalue weighted by atomic mass is 10.1. The van der Waals surface area contributed by atoms with E-state index in [4.69, 9.17) is 0 Å². The quantitative estimate of drug-likeness (QED) is 0.654. The number of halogens is 1. The number of benzene rings is 2. The number of aryl methyl sites for hydroxylation is 1. The van der Waals surface area contributed by atoms with Crippen LogP contribution in [-0.2, 0) is 4.79 Å². The Hall–Kier alpha value is -2.18. The van der Waals surface area contributed by atoms with Gasteiger partial charge in [0, 0.05) is 15.3 Å². The molecule has 6 heteroatoms. The smallest absolute Gasteiger partial charge is 0.236 e. The van der Waals surface area contributed by atoms with Gasteiger partial charge in [-0.1, -0.05) is 42.5 Å². The average Bonchev–Trinajstić information content (AvgIpc) is 2.95. The first-order chi connectivity index (χ1) is 11.6. The molecule has 3 rings (SSSR count). The number of nitrogens with one attached hydrogen (secondary N) is 1. The number of anilines is 1. The summed E-state index contributed by atoms with van der Waals surface area (Å²) in [6.45, 7) is 1.98. The number of amides is 1. The third-order valence-electron chi connectivity index (χ3n) is 3.29. The van der Waals surface area contributed by atoms with Gasteiger partial charge in [0.05, 0.1) is 11.4 Å². The minimum absolute atomic E-state index is 0.139. The van der Waals surface area contributed by atoms with Crippen LogP contribution in [0.1, 0.15) is 4.88 Å². The monoisotopic (exact) mass is 358 g/mol. The summed E-state index contributed by atoms with van der Waals surface area (Å²) in [6.07, 6.45) is 0. The Balaban J connectivity index is 1.64. The lowest BCUT2D eigenvalue weighted by molar-refractivity contribution is -0.113. The third-order valence-corrected chi connectivity index (χ3v) is 5.22. The van der Waals surface area contributed by atoms with E-state index in [0.717, 1.165) is 16.1 Å². The van der Waals surface area contributed by atoms with E-state index in [1.54, 1.807) is 18.2 Å². The fourth-order valence-electron chi connectivity index (χ4n) is 2.17. The largest absolute Gasteiger partial charge is 0.301 e. The van der Waals surface area contributed by atoms with Gasteiger partial charge in [0.1, 0.15) is 5.82 Å². The van der Waals surface area contributed by atoms with Gasteiger partial charge in [-0.05, 0) is 19.1 Å². The van der Waals surface area contributed by atoms with Crippen LogP contribution in [0.15, 0.2) is 59.5 Å². The Morgan fingerprint density at radius 2 is 1.88 bits per heavy atom. The van der Waals surface area contributed by atoms with E-state index in [0.29, 0.717) is 10.0 Å². The second kappa shape index (κ2) is 7.59. The van der Waals surface area contributed by atoms with Gasteiger partial charge >= 0.3 is 0 Å². The van der Waals surface area contributed by atoms with Crippen LogP contribution in [0.4, 0.5) is 9.52 Å². The van der Waals surface area contributed by atoms with Crippen LogP contribution in [0, 0.1) is 12.7 Å². The fourth-order valence-corrected chi connectivity index (χ4v) is 3.77. The van der Waals surface area contributed by atoms with E-state index in [1.807, 2.05) is 37.3 Å². The SMILES string of the molecule is Cc1sc(NC(=O)CSc2ccccc2F)nc1-c1ccccc1. The maximum atomic E-state index is 13.5. The summed E-state index contributed by atoms with van der Waals surface area (Å²) in [4.78, 5) is 18.1. The van der Waals surface area contributed by atoms with Crippen LogP contribution in [0.5, 0.6) is 0 Å². The molecule has 0 aliphatic carbocycles. The van der Waals surface area contributed by atoms with E-state index < -0.39 is 0 Å².